The quantitative estimate of drug-likeness (QED) is 0.875. The number of aromatic nitrogens is 3. The Bertz CT molecular complexity index is 732. The first-order valence-corrected chi connectivity index (χ1v) is 8.36. The number of ether oxygens (including phenoxy) is 2. The Labute approximate surface area is 146 Å². The lowest BCUT2D eigenvalue weighted by Gasteiger charge is -2.24. The highest BCUT2D eigenvalue weighted by molar-refractivity contribution is 5.85. The summed E-state index contributed by atoms with van der Waals surface area (Å²) >= 11 is 0. The van der Waals surface area contributed by atoms with Crippen LogP contribution < -0.4 is 15.7 Å². The molecule has 0 unspecified atom stereocenters. The van der Waals surface area contributed by atoms with Crippen molar-refractivity contribution in [3.05, 3.63) is 22.7 Å². The zero-order valence-electron chi connectivity index (χ0n) is 13.5. The lowest BCUT2D eigenvalue weighted by atomic mass is 10.1. The van der Waals surface area contributed by atoms with E-state index >= 15 is 0 Å². The maximum Gasteiger partial charge on any atom is 0.327 e. The molecule has 2 aromatic rings. The molecule has 2 fully saturated rings. The molecule has 2 aliphatic rings. The molecule has 0 bridgehead atoms. The third-order valence-corrected chi connectivity index (χ3v) is 4.69. The van der Waals surface area contributed by atoms with Crippen LogP contribution in [0.2, 0.25) is 0 Å². The van der Waals surface area contributed by atoms with Gasteiger partial charge in [0.25, 0.3) is 0 Å². The molecule has 0 aliphatic carbocycles. The highest BCUT2D eigenvalue weighted by Crippen LogP contribution is 2.25. The maximum absolute atomic E-state index is 12.3. The van der Waals surface area contributed by atoms with Gasteiger partial charge in [-0.15, -0.1) is 12.4 Å². The van der Waals surface area contributed by atoms with Gasteiger partial charge in [0.1, 0.15) is 11.9 Å². The summed E-state index contributed by atoms with van der Waals surface area (Å²) in [5.74, 6) is 0.728. The number of fused-ring (bicyclic) bond motifs is 1. The summed E-state index contributed by atoms with van der Waals surface area (Å²) < 4.78 is 13.2. The average Bonchev–Trinajstić information content (AvgIpc) is 2.92. The molecular formula is C16H23ClN4O3. The van der Waals surface area contributed by atoms with Crippen LogP contribution in [-0.4, -0.2) is 46.9 Å². The fourth-order valence-electron chi connectivity index (χ4n) is 3.46. The number of pyridine rings is 1. The standard InChI is InChI=1S/C16H22N4O3.ClH/c21-16-19-15-14(20(16)11-1-5-17-6-2-11)9-13(10-18-15)23-12-3-7-22-8-4-12;/h9-12,17H,1-8H2,(H,18,19,21);1H. The number of hydrogen-bond acceptors (Lipinski definition) is 5. The molecule has 0 spiro atoms. The van der Waals surface area contributed by atoms with Crippen molar-refractivity contribution in [3.63, 3.8) is 0 Å². The molecule has 24 heavy (non-hydrogen) atoms. The largest absolute Gasteiger partial charge is 0.489 e. The zero-order valence-corrected chi connectivity index (χ0v) is 14.3. The lowest BCUT2D eigenvalue weighted by Crippen LogP contribution is -2.33. The van der Waals surface area contributed by atoms with Crippen LogP contribution >= 0.6 is 12.4 Å². The van der Waals surface area contributed by atoms with Crippen LogP contribution in [0.25, 0.3) is 11.2 Å². The van der Waals surface area contributed by atoms with E-state index in [1.165, 1.54) is 0 Å². The van der Waals surface area contributed by atoms with Gasteiger partial charge in [-0.3, -0.25) is 9.55 Å². The molecule has 0 atom stereocenters. The highest BCUT2D eigenvalue weighted by atomic mass is 35.5. The van der Waals surface area contributed by atoms with E-state index in [-0.39, 0.29) is 30.2 Å². The van der Waals surface area contributed by atoms with Crippen LogP contribution in [0.1, 0.15) is 31.7 Å². The molecule has 2 N–H and O–H groups in total. The number of rotatable bonds is 3. The number of piperidine rings is 1. The van der Waals surface area contributed by atoms with E-state index in [1.54, 1.807) is 6.20 Å². The summed E-state index contributed by atoms with van der Waals surface area (Å²) in [6.45, 7) is 3.36. The van der Waals surface area contributed by atoms with Gasteiger partial charge in [0.05, 0.1) is 24.9 Å². The molecule has 7 nitrogen and oxygen atoms in total. The second-order valence-electron chi connectivity index (χ2n) is 6.25. The van der Waals surface area contributed by atoms with Crippen molar-refractivity contribution in [1.82, 2.24) is 19.9 Å². The van der Waals surface area contributed by atoms with Crippen molar-refractivity contribution < 1.29 is 9.47 Å². The SMILES string of the molecule is Cl.O=c1[nH]c2ncc(OC3CCOCC3)cc2n1C1CCNCC1. The molecule has 8 heteroatoms. The van der Waals surface area contributed by atoms with E-state index in [4.69, 9.17) is 9.47 Å². The molecule has 0 radical (unpaired) electrons. The Morgan fingerprint density at radius 1 is 1.21 bits per heavy atom. The predicted octanol–water partition coefficient (Wildman–Crippen LogP) is 1.63. The fourth-order valence-corrected chi connectivity index (χ4v) is 3.46. The summed E-state index contributed by atoms with van der Waals surface area (Å²) in [6.07, 6.45) is 5.57. The van der Waals surface area contributed by atoms with E-state index in [9.17, 15) is 4.79 Å². The first-order chi connectivity index (χ1) is 11.3. The molecule has 2 aliphatic heterocycles. The summed E-state index contributed by atoms with van der Waals surface area (Å²) in [4.78, 5) is 19.6. The smallest absolute Gasteiger partial charge is 0.327 e. The van der Waals surface area contributed by atoms with Crippen LogP contribution in [0, 0.1) is 0 Å². The van der Waals surface area contributed by atoms with E-state index in [0.717, 1.165) is 63.3 Å². The third kappa shape index (κ3) is 3.43. The number of nitrogens with zero attached hydrogens (tertiary/aromatic N) is 2. The highest BCUT2D eigenvalue weighted by Gasteiger charge is 2.21. The van der Waals surface area contributed by atoms with Crippen molar-refractivity contribution >= 4 is 23.6 Å². The van der Waals surface area contributed by atoms with Crippen LogP contribution in [0.5, 0.6) is 5.75 Å². The Kier molecular flexibility index (Phi) is 5.43. The number of aromatic amines is 1. The second-order valence-corrected chi connectivity index (χ2v) is 6.25. The molecular weight excluding hydrogens is 332 g/mol. The number of nitrogens with one attached hydrogen (secondary N) is 2. The lowest BCUT2D eigenvalue weighted by molar-refractivity contribution is 0.0255. The molecule has 132 valence electrons. The number of halogens is 1. The molecule has 4 rings (SSSR count). The minimum atomic E-state index is -0.0809. The van der Waals surface area contributed by atoms with Crippen molar-refractivity contribution in [2.75, 3.05) is 26.3 Å². The Hall–Kier alpha value is -1.57. The maximum atomic E-state index is 12.3. The van der Waals surface area contributed by atoms with E-state index in [2.05, 4.69) is 15.3 Å². The van der Waals surface area contributed by atoms with Gasteiger partial charge < -0.3 is 14.8 Å². The third-order valence-electron chi connectivity index (χ3n) is 4.69. The van der Waals surface area contributed by atoms with Crippen molar-refractivity contribution in [2.24, 2.45) is 0 Å². The van der Waals surface area contributed by atoms with Gasteiger partial charge in [0.15, 0.2) is 5.65 Å². The number of H-pyrrole nitrogens is 1. The monoisotopic (exact) mass is 354 g/mol. The zero-order chi connectivity index (χ0) is 15.6. The Morgan fingerprint density at radius 3 is 2.71 bits per heavy atom. The van der Waals surface area contributed by atoms with E-state index in [0.29, 0.717) is 5.65 Å². The van der Waals surface area contributed by atoms with E-state index in [1.807, 2.05) is 10.6 Å². The Morgan fingerprint density at radius 2 is 1.96 bits per heavy atom. The molecule has 0 amide bonds. The van der Waals surface area contributed by atoms with Gasteiger partial charge in [-0.2, -0.15) is 0 Å². The van der Waals surface area contributed by atoms with Gasteiger partial charge in [-0.05, 0) is 25.9 Å². The van der Waals surface area contributed by atoms with Gasteiger partial charge in [0.2, 0.25) is 0 Å². The van der Waals surface area contributed by atoms with Crippen molar-refractivity contribution in [2.45, 2.75) is 37.8 Å². The minimum absolute atomic E-state index is 0. The summed E-state index contributed by atoms with van der Waals surface area (Å²) in [7, 11) is 0. The molecule has 4 heterocycles. The van der Waals surface area contributed by atoms with Crippen LogP contribution in [0.4, 0.5) is 0 Å². The summed E-state index contributed by atoms with van der Waals surface area (Å²) in [6, 6.07) is 2.16. The molecule has 0 saturated carbocycles. The topological polar surface area (TPSA) is 81.2 Å². The molecule has 2 saturated heterocycles. The summed E-state index contributed by atoms with van der Waals surface area (Å²) in [5.41, 5.74) is 1.39. The van der Waals surface area contributed by atoms with Crippen LogP contribution in [-0.2, 0) is 4.74 Å². The van der Waals surface area contributed by atoms with Gasteiger partial charge >= 0.3 is 5.69 Å². The normalized spacial score (nSPS) is 20.0. The van der Waals surface area contributed by atoms with Crippen LogP contribution in [0.15, 0.2) is 17.1 Å². The average molecular weight is 355 g/mol. The first kappa shape index (κ1) is 17.3. The summed E-state index contributed by atoms with van der Waals surface area (Å²) in [5, 5.41) is 3.33. The minimum Gasteiger partial charge on any atom is -0.489 e. The fraction of sp³-hybridized carbons (Fsp3) is 0.625. The van der Waals surface area contributed by atoms with E-state index < -0.39 is 0 Å². The molecule has 0 aromatic carbocycles. The van der Waals surface area contributed by atoms with Crippen molar-refractivity contribution in [3.8, 4) is 5.75 Å². The second kappa shape index (κ2) is 7.55. The van der Waals surface area contributed by atoms with Gasteiger partial charge in [-0.1, -0.05) is 0 Å². The van der Waals surface area contributed by atoms with Crippen molar-refractivity contribution in [1.29, 1.82) is 0 Å². The first-order valence-electron chi connectivity index (χ1n) is 8.36. The number of imidazole rings is 1. The predicted molar refractivity (Wildman–Crippen MR) is 93.2 cm³/mol. The Balaban J connectivity index is 0.00000169. The van der Waals surface area contributed by atoms with Gasteiger partial charge in [0, 0.05) is 24.9 Å². The van der Waals surface area contributed by atoms with Crippen LogP contribution in [0.3, 0.4) is 0 Å². The van der Waals surface area contributed by atoms with Gasteiger partial charge in [-0.25, -0.2) is 9.78 Å². The number of hydrogen-bond donors (Lipinski definition) is 2. The molecule has 2 aromatic heterocycles.